The molecule has 0 saturated carbocycles. The van der Waals surface area contributed by atoms with Crippen LogP contribution in [0.15, 0.2) is 50.9 Å². The van der Waals surface area contributed by atoms with Crippen LogP contribution in [0.2, 0.25) is 0 Å². The van der Waals surface area contributed by atoms with Gasteiger partial charge in [-0.3, -0.25) is 10.1 Å². The largest absolute Gasteiger partial charge is 0.504 e. The summed E-state index contributed by atoms with van der Waals surface area (Å²) < 4.78 is 4.92. The SMILES string of the molecule is C=C1N=N/C(=N/N=C/c2ccc(OC)c(O)c2)NC1=O. The first-order valence-corrected chi connectivity index (χ1v) is 5.50. The number of hydrogen-bond acceptors (Lipinski definition) is 6. The number of phenolic OH excluding ortho intramolecular Hbond substituents is 1. The number of rotatable bonds is 3. The molecule has 102 valence electrons. The number of hydrogen-bond donors (Lipinski definition) is 2. The van der Waals surface area contributed by atoms with E-state index < -0.39 is 5.91 Å². The molecule has 0 bridgehead atoms. The number of ether oxygens (including phenoxy) is 1. The minimum Gasteiger partial charge on any atom is -0.504 e. The van der Waals surface area contributed by atoms with Gasteiger partial charge in [0.2, 0.25) is 0 Å². The second kappa shape index (κ2) is 5.74. The zero-order valence-electron chi connectivity index (χ0n) is 10.6. The van der Waals surface area contributed by atoms with Crippen LogP contribution >= 0.6 is 0 Å². The van der Waals surface area contributed by atoms with Gasteiger partial charge >= 0.3 is 0 Å². The minimum atomic E-state index is -0.476. The highest BCUT2D eigenvalue weighted by atomic mass is 16.5. The lowest BCUT2D eigenvalue weighted by molar-refractivity contribution is -0.116. The minimum absolute atomic E-state index is 0.00741. The number of aromatic hydroxyl groups is 1. The van der Waals surface area contributed by atoms with Crippen molar-refractivity contribution in [2.24, 2.45) is 20.4 Å². The number of phenols is 1. The molecule has 1 aromatic rings. The summed E-state index contributed by atoms with van der Waals surface area (Å²) in [5.41, 5.74) is 0.615. The molecular formula is C12H11N5O3. The van der Waals surface area contributed by atoms with Crippen molar-refractivity contribution in [3.05, 3.63) is 36.0 Å². The van der Waals surface area contributed by atoms with Gasteiger partial charge in [0.05, 0.1) is 13.3 Å². The van der Waals surface area contributed by atoms with Gasteiger partial charge in [0.1, 0.15) is 5.70 Å². The third kappa shape index (κ3) is 3.05. The molecule has 1 amide bonds. The smallest absolute Gasteiger partial charge is 0.277 e. The van der Waals surface area contributed by atoms with E-state index in [0.29, 0.717) is 11.3 Å². The second-order valence-corrected chi connectivity index (χ2v) is 3.70. The zero-order valence-corrected chi connectivity index (χ0v) is 10.6. The molecule has 1 aliphatic rings. The number of guanidine groups is 1. The number of nitrogens with one attached hydrogen (secondary N) is 1. The first kappa shape index (κ1) is 13.4. The van der Waals surface area contributed by atoms with Crippen LogP contribution in [0.5, 0.6) is 11.5 Å². The Balaban J connectivity index is 2.10. The maximum atomic E-state index is 11.2. The Hall–Kier alpha value is -3.03. The maximum absolute atomic E-state index is 11.2. The lowest BCUT2D eigenvalue weighted by Gasteiger charge is -2.05. The van der Waals surface area contributed by atoms with Crippen LogP contribution in [-0.4, -0.2) is 30.3 Å². The lowest BCUT2D eigenvalue weighted by atomic mass is 10.2. The fourth-order valence-electron chi connectivity index (χ4n) is 1.33. The maximum Gasteiger partial charge on any atom is 0.277 e. The summed E-state index contributed by atoms with van der Waals surface area (Å²) >= 11 is 0. The summed E-state index contributed by atoms with van der Waals surface area (Å²) in [6, 6.07) is 4.74. The van der Waals surface area contributed by atoms with Crippen molar-refractivity contribution >= 4 is 18.1 Å². The monoisotopic (exact) mass is 273 g/mol. The van der Waals surface area contributed by atoms with E-state index in [1.54, 1.807) is 12.1 Å². The van der Waals surface area contributed by atoms with Gasteiger partial charge < -0.3 is 9.84 Å². The van der Waals surface area contributed by atoms with Crippen LogP contribution in [0.3, 0.4) is 0 Å². The van der Waals surface area contributed by atoms with E-state index in [1.165, 1.54) is 19.4 Å². The number of methoxy groups -OCH3 is 1. The average molecular weight is 273 g/mol. The number of carbonyl (C=O) groups excluding carboxylic acids is 1. The van der Waals surface area contributed by atoms with Gasteiger partial charge in [0.15, 0.2) is 11.5 Å². The topological polar surface area (TPSA) is 108 Å². The molecule has 0 aromatic heterocycles. The number of nitrogens with zero attached hydrogens (tertiary/aromatic N) is 4. The summed E-state index contributed by atoms with van der Waals surface area (Å²) in [5, 5.41) is 26.4. The summed E-state index contributed by atoms with van der Waals surface area (Å²) in [6.45, 7) is 3.38. The highest BCUT2D eigenvalue weighted by Gasteiger charge is 2.14. The van der Waals surface area contributed by atoms with Gasteiger partial charge in [-0.2, -0.15) is 5.10 Å². The van der Waals surface area contributed by atoms with Crippen LogP contribution in [0.4, 0.5) is 0 Å². The van der Waals surface area contributed by atoms with Crippen LogP contribution in [-0.2, 0) is 4.79 Å². The standard InChI is InChI=1S/C12H11N5O3/c1-7-11(19)14-12(17-15-7)16-13-6-8-3-4-10(20-2)9(18)5-8/h3-6,18H,1H2,2H3,(H,14,16,19)/b13-6+. The van der Waals surface area contributed by atoms with E-state index in [-0.39, 0.29) is 17.4 Å². The highest BCUT2D eigenvalue weighted by Crippen LogP contribution is 2.25. The summed E-state index contributed by atoms with van der Waals surface area (Å²) in [4.78, 5) is 11.2. The van der Waals surface area contributed by atoms with Crippen molar-refractivity contribution in [1.82, 2.24) is 5.32 Å². The molecule has 8 nitrogen and oxygen atoms in total. The number of azo groups is 1. The first-order chi connectivity index (χ1) is 9.60. The van der Waals surface area contributed by atoms with E-state index >= 15 is 0 Å². The van der Waals surface area contributed by atoms with E-state index in [4.69, 9.17) is 4.74 Å². The van der Waals surface area contributed by atoms with Crippen molar-refractivity contribution < 1.29 is 14.6 Å². The molecule has 0 radical (unpaired) electrons. The lowest BCUT2D eigenvalue weighted by Crippen LogP contribution is -2.32. The molecule has 1 heterocycles. The van der Waals surface area contributed by atoms with Gasteiger partial charge in [-0.15, -0.1) is 15.3 Å². The Morgan fingerprint density at radius 2 is 2.25 bits per heavy atom. The van der Waals surface area contributed by atoms with Gasteiger partial charge in [-0.05, 0) is 23.8 Å². The van der Waals surface area contributed by atoms with E-state index in [2.05, 4.69) is 32.3 Å². The molecule has 1 aliphatic heterocycles. The Morgan fingerprint density at radius 1 is 1.45 bits per heavy atom. The van der Waals surface area contributed by atoms with E-state index in [0.717, 1.165) is 0 Å². The summed E-state index contributed by atoms with van der Waals surface area (Å²) in [5.74, 6) is -0.154. The Bertz CT molecular complexity index is 648. The van der Waals surface area contributed by atoms with Crippen molar-refractivity contribution in [2.75, 3.05) is 7.11 Å². The van der Waals surface area contributed by atoms with Crippen LogP contribution in [0.1, 0.15) is 5.56 Å². The molecule has 0 spiro atoms. The molecule has 0 fully saturated rings. The predicted molar refractivity (Wildman–Crippen MR) is 71.8 cm³/mol. The molecule has 20 heavy (non-hydrogen) atoms. The molecule has 8 heteroatoms. The van der Waals surface area contributed by atoms with Crippen molar-refractivity contribution in [1.29, 1.82) is 0 Å². The number of amides is 1. The quantitative estimate of drug-likeness (QED) is 0.490. The second-order valence-electron chi connectivity index (χ2n) is 3.70. The fourth-order valence-corrected chi connectivity index (χ4v) is 1.33. The summed E-state index contributed by atoms with van der Waals surface area (Å²) in [7, 11) is 1.46. The molecule has 0 aliphatic carbocycles. The first-order valence-electron chi connectivity index (χ1n) is 5.50. The Morgan fingerprint density at radius 3 is 2.90 bits per heavy atom. The van der Waals surface area contributed by atoms with Crippen molar-refractivity contribution in [2.45, 2.75) is 0 Å². The molecule has 0 saturated heterocycles. The third-order valence-corrected chi connectivity index (χ3v) is 2.32. The van der Waals surface area contributed by atoms with Crippen LogP contribution < -0.4 is 10.1 Å². The fraction of sp³-hybridized carbons (Fsp3) is 0.0833. The predicted octanol–water partition coefficient (Wildman–Crippen LogP) is 1.19. The Kier molecular flexibility index (Phi) is 3.85. The highest BCUT2D eigenvalue weighted by molar-refractivity contribution is 6.06. The Labute approximate surface area is 114 Å². The van der Waals surface area contributed by atoms with Crippen molar-refractivity contribution in [3.63, 3.8) is 0 Å². The third-order valence-electron chi connectivity index (χ3n) is 2.32. The van der Waals surface area contributed by atoms with Gasteiger partial charge in [-0.1, -0.05) is 6.58 Å². The molecule has 0 unspecified atom stereocenters. The van der Waals surface area contributed by atoms with E-state index in [1.807, 2.05) is 0 Å². The van der Waals surface area contributed by atoms with Gasteiger partial charge in [-0.25, -0.2) is 0 Å². The van der Waals surface area contributed by atoms with Crippen LogP contribution in [0.25, 0.3) is 0 Å². The normalized spacial score (nSPS) is 16.8. The van der Waals surface area contributed by atoms with Crippen LogP contribution in [0, 0.1) is 0 Å². The number of benzene rings is 1. The molecular weight excluding hydrogens is 262 g/mol. The van der Waals surface area contributed by atoms with Gasteiger partial charge in [0.25, 0.3) is 11.9 Å². The molecule has 1 aromatic carbocycles. The van der Waals surface area contributed by atoms with Crippen molar-refractivity contribution in [3.8, 4) is 11.5 Å². The average Bonchev–Trinajstić information content (AvgIpc) is 2.43. The molecule has 2 N–H and O–H groups in total. The molecule has 2 rings (SSSR count). The zero-order chi connectivity index (χ0) is 14.5. The summed E-state index contributed by atoms with van der Waals surface area (Å²) in [6.07, 6.45) is 1.39. The number of carbonyl (C=O) groups is 1. The van der Waals surface area contributed by atoms with E-state index in [9.17, 15) is 9.90 Å². The molecule has 0 atom stereocenters. The van der Waals surface area contributed by atoms with Gasteiger partial charge in [0, 0.05) is 0 Å².